The zero-order valence-electron chi connectivity index (χ0n) is 11.4. The van der Waals surface area contributed by atoms with Gasteiger partial charge in [0, 0.05) is 27.2 Å². The first-order valence-corrected chi connectivity index (χ1v) is 9.00. The van der Waals surface area contributed by atoms with E-state index in [4.69, 9.17) is 0 Å². The van der Waals surface area contributed by atoms with Gasteiger partial charge in [-0.15, -0.1) is 11.3 Å². The first-order valence-electron chi connectivity index (χ1n) is 5.93. The van der Waals surface area contributed by atoms with Crippen molar-refractivity contribution >= 4 is 37.5 Å². The van der Waals surface area contributed by atoms with Gasteiger partial charge in [0.25, 0.3) is 10.2 Å². The summed E-state index contributed by atoms with van der Waals surface area (Å²) in [5.41, 5.74) is 0.992. The predicted octanol–water partition coefficient (Wildman–Crippen LogP) is 1.73. The van der Waals surface area contributed by atoms with Crippen LogP contribution in [0, 0.1) is 0 Å². The molecule has 5 nitrogen and oxygen atoms in total. The van der Waals surface area contributed by atoms with Crippen molar-refractivity contribution in [2.75, 3.05) is 34.2 Å². The van der Waals surface area contributed by atoms with Crippen molar-refractivity contribution in [2.45, 2.75) is 13.0 Å². The molecule has 1 heterocycles. The molecule has 1 N–H and O–H groups in total. The molecular weight excluding hydrogens is 350 g/mol. The predicted molar refractivity (Wildman–Crippen MR) is 83.6 cm³/mol. The Morgan fingerprint density at radius 2 is 2.05 bits per heavy atom. The molecule has 0 radical (unpaired) electrons. The Bertz CT molecular complexity index is 490. The fourth-order valence-electron chi connectivity index (χ4n) is 1.60. The molecule has 0 fully saturated rings. The number of rotatable bonds is 8. The van der Waals surface area contributed by atoms with E-state index in [1.165, 1.54) is 8.61 Å². The Morgan fingerprint density at radius 3 is 2.58 bits per heavy atom. The maximum atomic E-state index is 12.3. The van der Waals surface area contributed by atoms with E-state index in [-0.39, 0.29) is 0 Å². The van der Waals surface area contributed by atoms with Gasteiger partial charge in [-0.05, 0) is 53.0 Å². The van der Waals surface area contributed by atoms with Crippen LogP contribution in [0.15, 0.2) is 15.2 Å². The third-order valence-electron chi connectivity index (χ3n) is 2.71. The van der Waals surface area contributed by atoms with E-state index in [9.17, 15) is 8.42 Å². The van der Waals surface area contributed by atoms with E-state index in [1.54, 1.807) is 25.4 Å². The van der Waals surface area contributed by atoms with Gasteiger partial charge in [-0.2, -0.15) is 17.0 Å². The van der Waals surface area contributed by atoms with Crippen LogP contribution >= 0.6 is 27.3 Å². The molecule has 0 aromatic carbocycles. The number of hydrogen-bond acceptors (Lipinski definition) is 4. The molecule has 0 aliphatic carbocycles. The van der Waals surface area contributed by atoms with Gasteiger partial charge in [0.05, 0.1) is 3.79 Å². The minimum atomic E-state index is -3.38. The van der Waals surface area contributed by atoms with Crippen LogP contribution in [-0.4, -0.2) is 51.3 Å². The van der Waals surface area contributed by atoms with Crippen LogP contribution in [0.2, 0.25) is 0 Å². The third kappa shape index (κ3) is 5.13. The number of nitrogens with zero attached hydrogens (tertiary/aromatic N) is 2. The highest BCUT2D eigenvalue weighted by atomic mass is 79.9. The molecule has 0 unspecified atom stereocenters. The number of hydrogen-bond donors (Lipinski definition) is 1. The lowest BCUT2D eigenvalue weighted by atomic mass is 10.3. The summed E-state index contributed by atoms with van der Waals surface area (Å²) in [6.07, 6.45) is 0.796. The molecule has 8 heteroatoms. The first-order chi connectivity index (χ1) is 8.87. The maximum Gasteiger partial charge on any atom is 0.281 e. The quantitative estimate of drug-likeness (QED) is 0.709. The Balaban J connectivity index is 2.60. The first kappa shape index (κ1) is 17.1. The van der Waals surface area contributed by atoms with E-state index in [0.29, 0.717) is 13.1 Å². The van der Waals surface area contributed by atoms with Gasteiger partial charge in [-0.1, -0.05) is 0 Å². The van der Waals surface area contributed by atoms with Gasteiger partial charge in [-0.3, -0.25) is 0 Å². The highest BCUT2D eigenvalue weighted by Crippen LogP contribution is 2.22. The zero-order valence-corrected chi connectivity index (χ0v) is 14.6. The summed E-state index contributed by atoms with van der Waals surface area (Å²) in [6.45, 7) is 1.71. The Kier molecular flexibility index (Phi) is 6.92. The SMILES string of the molecule is CNCCCN(C)S(=O)(=O)N(C)Cc1csc(Br)c1. The van der Waals surface area contributed by atoms with Gasteiger partial charge >= 0.3 is 0 Å². The molecular formula is C11H20BrN3O2S2. The van der Waals surface area contributed by atoms with Crippen LogP contribution in [0.3, 0.4) is 0 Å². The average Bonchev–Trinajstić information content (AvgIpc) is 2.74. The minimum absolute atomic E-state index is 0.390. The second-order valence-corrected chi connectivity index (χ2v) is 8.73. The van der Waals surface area contributed by atoms with Gasteiger partial charge < -0.3 is 5.32 Å². The van der Waals surface area contributed by atoms with Crippen molar-refractivity contribution < 1.29 is 8.42 Å². The second kappa shape index (κ2) is 7.70. The van der Waals surface area contributed by atoms with Crippen molar-refractivity contribution in [1.82, 2.24) is 13.9 Å². The standard InChI is InChI=1S/C11H20BrN3O2S2/c1-13-5-4-6-14(2)19(16,17)15(3)8-10-7-11(12)18-9-10/h7,9,13H,4-6,8H2,1-3H3. The lowest BCUT2D eigenvalue weighted by Gasteiger charge is -2.24. The summed E-state index contributed by atoms with van der Waals surface area (Å²) in [7, 11) is 1.70. The van der Waals surface area contributed by atoms with E-state index in [0.717, 1.165) is 22.3 Å². The van der Waals surface area contributed by atoms with E-state index < -0.39 is 10.2 Å². The molecule has 1 aromatic rings. The summed E-state index contributed by atoms with van der Waals surface area (Å²) in [6, 6.07) is 1.94. The fraction of sp³-hybridized carbons (Fsp3) is 0.636. The molecule has 0 aliphatic rings. The minimum Gasteiger partial charge on any atom is -0.320 e. The van der Waals surface area contributed by atoms with Crippen LogP contribution in [0.1, 0.15) is 12.0 Å². The van der Waals surface area contributed by atoms with Gasteiger partial charge in [0.1, 0.15) is 0 Å². The lowest BCUT2D eigenvalue weighted by Crippen LogP contribution is -2.40. The monoisotopic (exact) mass is 369 g/mol. The molecule has 0 spiro atoms. The van der Waals surface area contributed by atoms with Crippen molar-refractivity contribution in [3.05, 3.63) is 20.8 Å². The van der Waals surface area contributed by atoms with Crippen LogP contribution < -0.4 is 5.32 Å². The summed E-state index contributed by atoms with van der Waals surface area (Å²) >= 11 is 4.93. The van der Waals surface area contributed by atoms with Crippen molar-refractivity contribution in [2.24, 2.45) is 0 Å². The summed E-state index contributed by atoms with van der Waals surface area (Å²) in [5.74, 6) is 0. The molecule has 110 valence electrons. The van der Waals surface area contributed by atoms with E-state index in [1.807, 2.05) is 18.5 Å². The van der Waals surface area contributed by atoms with Crippen molar-refractivity contribution in [3.8, 4) is 0 Å². The number of nitrogens with one attached hydrogen (secondary N) is 1. The molecule has 0 saturated carbocycles. The Morgan fingerprint density at radius 1 is 1.37 bits per heavy atom. The molecule has 0 bridgehead atoms. The van der Waals surface area contributed by atoms with Crippen LogP contribution in [0.4, 0.5) is 0 Å². The maximum absolute atomic E-state index is 12.3. The normalized spacial score (nSPS) is 12.5. The van der Waals surface area contributed by atoms with Crippen molar-refractivity contribution in [3.63, 3.8) is 0 Å². The van der Waals surface area contributed by atoms with Gasteiger partial charge in [0.2, 0.25) is 0 Å². The van der Waals surface area contributed by atoms with Gasteiger partial charge in [0.15, 0.2) is 0 Å². The summed E-state index contributed by atoms with van der Waals surface area (Å²) in [4.78, 5) is 0. The Hall–Kier alpha value is 0.01000. The largest absolute Gasteiger partial charge is 0.320 e. The zero-order chi connectivity index (χ0) is 14.5. The summed E-state index contributed by atoms with van der Waals surface area (Å²) in [5, 5.41) is 4.96. The molecule has 0 aliphatic heterocycles. The van der Waals surface area contributed by atoms with Crippen LogP contribution in [0.25, 0.3) is 0 Å². The lowest BCUT2D eigenvalue weighted by molar-refractivity contribution is 0.385. The number of thiophene rings is 1. The molecule has 1 aromatic heterocycles. The fourth-order valence-corrected chi connectivity index (χ4v) is 3.95. The highest BCUT2D eigenvalue weighted by Gasteiger charge is 2.23. The summed E-state index contributed by atoms with van der Waals surface area (Å²) < 4.78 is 28.3. The molecule has 0 saturated heterocycles. The molecule has 0 amide bonds. The molecule has 0 atom stereocenters. The van der Waals surface area contributed by atoms with E-state index in [2.05, 4.69) is 21.2 Å². The van der Waals surface area contributed by atoms with E-state index >= 15 is 0 Å². The van der Waals surface area contributed by atoms with Crippen LogP contribution in [-0.2, 0) is 16.8 Å². The van der Waals surface area contributed by atoms with Crippen molar-refractivity contribution in [1.29, 1.82) is 0 Å². The number of halogens is 1. The highest BCUT2D eigenvalue weighted by molar-refractivity contribution is 9.11. The smallest absolute Gasteiger partial charge is 0.281 e. The second-order valence-electron chi connectivity index (χ2n) is 4.30. The topological polar surface area (TPSA) is 52.7 Å². The average molecular weight is 370 g/mol. The Labute approximate surface area is 127 Å². The molecule has 1 rings (SSSR count). The van der Waals surface area contributed by atoms with Gasteiger partial charge in [-0.25, -0.2) is 0 Å². The third-order valence-corrected chi connectivity index (χ3v) is 6.15. The molecule has 19 heavy (non-hydrogen) atoms. The van der Waals surface area contributed by atoms with Crippen LogP contribution in [0.5, 0.6) is 0 Å².